The first kappa shape index (κ1) is 32.1. The number of nitrogens with zero attached hydrogens (tertiary/aromatic N) is 2. The lowest BCUT2D eigenvalue weighted by Gasteiger charge is -2.33. The first-order valence-corrected chi connectivity index (χ1v) is 15.4. The van der Waals surface area contributed by atoms with E-state index >= 15 is 0 Å². The number of likely N-dealkylation sites (tertiary alicyclic amines) is 1. The summed E-state index contributed by atoms with van der Waals surface area (Å²) in [5.41, 5.74) is 1.65. The minimum atomic E-state index is -1.24. The van der Waals surface area contributed by atoms with Crippen molar-refractivity contribution in [2.24, 2.45) is 0 Å². The molecule has 0 spiro atoms. The molecule has 0 aromatic heterocycles. The fourth-order valence-corrected chi connectivity index (χ4v) is 6.05. The molecule has 2 saturated heterocycles. The zero-order valence-electron chi connectivity index (χ0n) is 23.9. The van der Waals surface area contributed by atoms with E-state index in [1.165, 1.54) is 5.56 Å². The summed E-state index contributed by atoms with van der Waals surface area (Å²) >= 11 is 12.1. The number of rotatable bonds is 11. The van der Waals surface area contributed by atoms with E-state index in [-0.39, 0.29) is 29.9 Å². The first-order chi connectivity index (χ1) is 20.2. The topological polar surface area (TPSA) is 111 Å². The Balaban J connectivity index is 1.41. The van der Waals surface area contributed by atoms with Crippen LogP contribution in [0.25, 0.3) is 0 Å². The number of carboxylic acid groups (broad SMARTS) is 1. The molecule has 0 bridgehead atoms. The number of halogens is 2. The average molecular weight is 620 g/mol. The van der Waals surface area contributed by atoms with Crippen LogP contribution in [0.2, 0.25) is 10.0 Å². The molecule has 228 valence electrons. The Labute approximate surface area is 257 Å². The van der Waals surface area contributed by atoms with Crippen molar-refractivity contribution >= 4 is 41.2 Å². The Morgan fingerprint density at radius 2 is 1.81 bits per heavy atom. The fraction of sp³-hybridized carbons (Fsp3) is 0.516. The van der Waals surface area contributed by atoms with Gasteiger partial charge < -0.3 is 30.3 Å². The van der Waals surface area contributed by atoms with Crippen molar-refractivity contribution in [3.63, 3.8) is 0 Å². The second-order valence-corrected chi connectivity index (χ2v) is 11.9. The minimum absolute atomic E-state index is 0.0757. The van der Waals surface area contributed by atoms with E-state index in [1.807, 2.05) is 23.1 Å². The van der Waals surface area contributed by atoms with Crippen LogP contribution in [-0.4, -0.2) is 90.3 Å². The minimum Gasteiger partial charge on any atom is -0.450 e. The first-order valence-electron chi connectivity index (χ1n) is 14.7. The van der Waals surface area contributed by atoms with Crippen LogP contribution in [0.5, 0.6) is 0 Å². The number of hydrogen-bond donors (Lipinski definition) is 3. The van der Waals surface area contributed by atoms with Gasteiger partial charge in [0.25, 0.3) is 5.91 Å². The van der Waals surface area contributed by atoms with Crippen molar-refractivity contribution < 1.29 is 24.2 Å². The van der Waals surface area contributed by atoms with E-state index < -0.39 is 12.2 Å². The van der Waals surface area contributed by atoms with E-state index in [9.17, 15) is 14.4 Å². The second-order valence-electron chi connectivity index (χ2n) is 11.1. The monoisotopic (exact) mass is 618 g/mol. The number of ether oxygens (including phenoxy) is 1. The van der Waals surface area contributed by atoms with Crippen LogP contribution in [0.15, 0.2) is 48.5 Å². The molecular formula is C31H40Cl2N4O5. The standard InChI is InChI=1S/C31H40Cl2N4O5/c1-2-21(22-6-4-3-5-7-22)20-37-17-10-24(19-34-29(38)23-8-9-26(32)27(33)18-23)35-28(30(37)39)13-16-36-14-11-25(12-15-36)42-31(40)41/h3-9,18,21,24-25,28,35H,2,10-17,19-20H2,1H3,(H,34,38)(H,40,41)/t21-,24+,28+/m1/s1. The summed E-state index contributed by atoms with van der Waals surface area (Å²) in [5.74, 6) is 0.0580. The highest BCUT2D eigenvalue weighted by Crippen LogP contribution is 2.24. The molecule has 4 rings (SSSR count). The maximum absolute atomic E-state index is 13.9. The Bertz CT molecular complexity index is 1210. The molecule has 2 aromatic rings. The second kappa shape index (κ2) is 15.6. The third kappa shape index (κ3) is 9.07. The molecular weight excluding hydrogens is 579 g/mol. The van der Waals surface area contributed by atoms with Gasteiger partial charge in [-0.3, -0.25) is 9.59 Å². The predicted molar refractivity (Wildman–Crippen MR) is 163 cm³/mol. The number of amides is 2. The maximum atomic E-state index is 13.9. The molecule has 42 heavy (non-hydrogen) atoms. The molecule has 9 nitrogen and oxygen atoms in total. The Hall–Kier alpha value is -2.85. The highest BCUT2D eigenvalue weighted by molar-refractivity contribution is 6.42. The van der Waals surface area contributed by atoms with Crippen LogP contribution < -0.4 is 10.6 Å². The molecule has 3 atom stereocenters. The van der Waals surface area contributed by atoms with Crippen molar-refractivity contribution in [3.05, 3.63) is 69.7 Å². The molecule has 3 N–H and O–H groups in total. The molecule has 2 aliphatic rings. The van der Waals surface area contributed by atoms with Crippen molar-refractivity contribution in [2.75, 3.05) is 39.3 Å². The molecule has 2 aliphatic heterocycles. The Morgan fingerprint density at radius 1 is 1.07 bits per heavy atom. The van der Waals surface area contributed by atoms with Crippen LogP contribution in [0.1, 0.15) is 60.9 Å². The van der Waals surface area contributed by atoms with Gasteiger partial charge in [-0.1, -0.05) is 60.5 Å². The van der Waals surface area contributed by atoms with Crippen molar-refractivity contribution in [1.82, 2.24) is 20.4 Å². The zero-order chi connectivity index (χ0) is 30.1. The summed E-state index contributed by atoms with van der Waals surface area (Å²) in [5, 5.41) is 16.2. The Kier molecular flexibility index (Phi) is 11.9. The van der Waals surface area contributed by atoms with Gasteiger partial charge >= 0.3 is 6.16 Å². The van der Waals surface area contributed by atoms with E-state index in [0.717, 1.165) is 19.5 Å². The van der Waals surface area contributed by atoms with Crippen LogP contribution >= 0.6 is 23.2 Å². The third-order valence-electron chi connectivity index (χ3n) is 8.23. The molecule has 11 heteroatoms. The fourth-order valence-electron chi connectivity index (χ4n) is 5.75. The number of piperidine rings is 1. The smallest absolute Gasteiger partial charge is 0.450 e. The van der Waals surface area contributed by atoms with Crippen molar-refractivity contribution in [2.45, 2.75) is 63.1 Å². The number of nitrogens with one attached hydrogen (secondary N) is 2. The number of hydrogen-bond acceptors (Lipinski definition) is 6. The van der Waals surface area contributed by atoms with Crippen molar-refractivity contribution in [3.8, 4) is 0 Å². The number of carbonyl (C=O) groups is 3. The molecule has 0 radical (unpaired) electrons. The van der Waals surface area contributed by atoms with Gasteiger partial charge in [0.05, 0.1) is 16.1 Å². The molecule has 0 saturated carbocycles. The van der Waals surface area contributed by atoms with Crippen LogP contribution in [0.4, 0.5) is 4.79 Å². The van der Waals surface area contributed by atoms with Gasteiger partial charge in [-0.2, -0.15) is 0 Å². The molecule has 2 fully saturated rings. The van der Waals surface area contributed by atoms with Crippen LogP contribution in [0.3, 0.4) is 0 Å². The van der Waals surface area contributed by atoms with Gasteiger partial charge in [0.2, 0.25) is 5.91 Å². The van der Waals surface area contributed by atoms with Gasteiger partial charge in [-0.05, 0) is 55.9 Å². The summed E-state index contributed by atoms with van der Waals surface area (Å²) < 4.78 is 4.94. The largest absolute Gasteiger partial charge is 0.506 e. The lowest BCUT2D eigenvalue weighted by molar-refractivity contribution is -0.133. The normalized spacial score (nSPS) is 21.0. The summed E-state index contributed by atoms with van der Waals surface area (Å²) in [6.07, 6.45) is 2.00. The summed E-state index contributed by atoms with van der Waals surface area (Å²) in [6, 6.07) is 14.6. The van der Waals surface area contributed by atoms with Crippen LogP contribution in [-0.2, 0) is 9.53 Å². The molecule has 2 aromatic carbocycles. The summed E-state index contributed by atoms with van der Waals surface area (Å²) in [6.45, 7) is 5.89. The predicted octanol–water partition coefficient (Wildman–Crippen LogP) is 5.03. The highest BCUT2D eigenvalue weighted by Gasteiger charge is 2.33. The quantitative estimate of drug-likeness (QED) is 0.303. The third-order valence-corrected chi connectivity index (χ3v) is 8.96. The lowest BCUT2D eigenvalue weighted by Crippen LogP contribution is -2.50. The molecule has 0 unspecified atom stereocenters. The van der Waals surface area contributed by atoms with E-state index in [4.69, 9.17) is 33.0 Å². The van der Waals surface area contributed by atoms with E-state index in [0.29, 0.717) is 67.5 Å². The maximum Gasteiger partial charge on any atom is 0.506 e. The summed E-state index contributed by atoms with van der Waals surface area (Å²) in [4.78, 5) is 41.9. The van der Waals surface area contributed by atoms with Gasteiger partial charge in [0, 0.05) is 56.8 Å². The van der Waals surface area contributed by atoms with Gasteiger partial charge in [0.15, 0.2) is 0 Å². The van der Waals surface area contributed by atoms with Crippen molar-refractivity contribution in [1.29, 1.82) is 0 Å². The van der Waals surface area contributed by atoms with Gasteiger partial charge in [0.1, 0.15) is 6.10 Å². The lowest BCUT2D eigenvalue weighted by atomic mass is 9.95. The molecule has 2 amide bonds. The molecule has 2 heterocycles. The highest BCUT2D eigenvalue weighted by atomic mass is 35.5. The van der Waals surface area contributed by atoms with Gasteiger partial charge in [-0.25, -0.2) is 4.79 Å². The number of benzene rings is 2. The van der Waals surface area contributed by atoms with Gasteiger partial charge in [-0.15, -0.1) is 0 Å². The SMILES string of the molecule is CC[C@H](CN1CC[C@@H](CNC(=O)c2ccc(Cl)c(Cl)c2)N[C@@H](CCN2CCC(OC(=O)O)CC2)C1=O)c1ccccc1. The zero-order valence-corrected chi connectivity index (χ0v) is 25.4. The number of carbonyl (C=O) groups excluding carboxylic acids is 2. The Morgan fingerprint density at radius 3 is 2.48 bits per heavy atom. The van der Waals surface area contributed by atoms with E-state index in [1.54, 1.807) is 18.2 Å². The average Bonchev–Trinajstić information content (AvgIpc) is 3.13. The van der Waals surface area contributed by atoms with E-state index in [2.05, 4.69) is 34.6 Å². The molecule has 0 aliphatic carbocycles. The van der Waals surface area contributed by atoms with Crippen LogP contribution in [0, 0.1) is 0 Å². The summed E-state index contributed by atoms with van der Waals surface area (Å²) in [7, 11) is 0.